The number of hydrogen-bond acceptors (Lipinski definition) is 5. The molecule has 5 N–H and O–H groups in total. The topological polar surface area (TPSA) is 99.0 Å². The number of aromatic nitrogens is 2. The van der Waals surface area contributed by atoms with Gasteiger partial charge in [0, 0.05) is 17.1 Å². The van der Waals surface area contributed by atoms with Crippen LogP contribution in [0, 0.1) is 6.92 Å². The molecule has 0 aliphatic carbocycles. The lowest BCUT2D eigenvalue weighted by Gasteiger charge is -2.10. The molecule has 0 bridgehead atoms. The Labute approximate surface area is 163 Å². The van der Waals surface area contributed by atoms with Gasteiger partial charge in [-0.15, -0.1) is 0 Å². The molecule has 0 fully saturated rings. The van der Waals surface area contributed by atoms with Crippen LogP contribution in [0.2, 0.25) is 5.02 Å². The molecule has 2 aromatic carbocycles. The molecule has 27 heavy (non-hydrogen) atoms. The van der Waals surface area contributed by atoms with Gasteiger partial charge in [-0.1, -0.05) is 41.4 Å². The summed E-state index contributed by atoms with van der Waals surface area (Å²) in [7, 11) is 0. The SMILES string of the molecule is Cc1ccc(C(=O)c2nn(-c3ccc(Cl)cc3)c(NCCCN)c2N)cc1. The maximum atomic E-state index is 12.9. The van der Waals surface area contributed by atoms with Crippen LogP contribution in [0.3, 0.4) is 0 Å². The number of rotatable bonds is 7. The summed E-state index contributed by atoms with van der Waals surface area (Å²) in [4.78, 5) is 12.9. The highest BCUT2D eigenvalue weighted by Gasteiger charge is 2.22. The number of nitrogens with zero attached hydrogens (tertiary/aromatic N) is 2. The van der Waals surface area contributed by atoms with Crippen molar-refractivity contribution in [1.82, 2.24) is 9.78 Å². The second-order valence-electron chi connectivity index (χ2n) is 6.26. The first kappa shape index (κ1) is 18.9. The zero-order valence-electron chi connectivity index (χ0n) is 15.1. The van der Waals surface area contributed by atoms with E-state index < -0.39 is 0 Å². The van der Waals surface area contributed by atoms with Gasteiger partial charge in [0.25, 0.3) is 0 Å². The Bertz CT molecular complexity index is 932. The first-order valence-electron chi connectivity index (χ1n) is 8.71. The molecule has 7 heteroatoms. The van der Waals surface area contributed by atoms with Crippen LogP contribution < -0.4 is 16.8 Å². The summed E-state index contributed by atoms with van der Waals surface area (Å²) < 4.78 is 1.63. The van der Waals surface area contributed by atoms with Crippen LogP contribution in [0.1, 0.15) is 28.0 Å². The predicted molar refractivity (Wildman–Crippen MR) is 110 cm³/mol. The van der Waals surface area contributed by atoms with Crippen molar-refractivity contribution in [3.05, 3.63) is 70.4 Å². The third-order valence-corrected chi connectivity index (χ3v) is 4.45. The number of nitrogens with one attached hydrogen (secondary N) is 1. The van der Waals surface area contributed by atoms with E-state index in [9.17, 15) is 4.79 Å². The Balaban J connectivity index is 2.04. The van der Waals surface area contributed by atoms with E-state index in [0.29, 0.717) is 35.2 Å². The van der Waals surface area contributed by atoms with Crippen LogP contribution >= 0.6 is 11.6 Å². The minimum atomic E-state index is -0.220. The summed E-state index contributed by atoms with van der Waals surface area (Å²) >= 11 is 5.98. The molecular weight excluding hydrogens is 362 g/mol. The highest BCUT2D eigenvalue weighted by molar-refractivity contribution is 6.30. The van der Waals surface area contributed by atoms with Crippen molar-refractivity contribution in [2.75, 3.05) is 24.1 Å². The molecule has 0 aliphatic rings. The molecule has 1 aromatic heterocycles. The fraction of sp³-hybridized carbons (Fsp3) is 0.200. The zero-order chi connectivity index (χ0) is 19.4. The predicted octanol–water partition coefficient (Wildman–Crippen LogP) is 3.41. The molecule has 0 aliphatic heterocycles. The van der Waals surface area contributed by atoms with Gasteiger partial charge in [0.2, 0.25) is 5.78 Å². The van der Waals surface area contributed by atoms with E-state index in [1.54, 1.807) is 28.9 Å². The monoisotopic (exact) mass is 383 g/mol. The van der Waals surface area contributed by atoms with Crippen molar-refractivity contribution in [2.45, 2.75) is 13.3 Å². The number of anilines is 2. The van der Waals surface area contributed by atoms with Crippen LogP contribution in [0.15, 0.2) is 48.5 Å². The Morgan fingerprint density at radius 1 is 1.15 bits per heavy atom. The number of benzene rings is 2. The highest BCUT2D eigenvalue weighted by Crippen LogP contribution is 2.28. The maximum Gasteiger partial charge on any atom is 0.215 e. The molecular formula is C20H22ClN5O. The Morgan fingerprint density at radius 3 is 2.44 bits per heavy atom. The smallest absolute Gasteiger partial charge is 0.215 e. The molecule has 0 saturated carbocycles. The lowest BCUT2D eigenvalue weighted by Crippen LogP contribution is -2.12. The van der Waals surface area contributed by atoms with E-state index in [0.717, 1.165) is 17.7 Å². The number of hydrogen-bond donors (Lipinski definition) is 3. The van der Waals surface area contributed by atoms with Crippen LogP contribution in [0.5, 0.6) is 0 Å². The first-order valence-corrected chi connectivity index (χ1v) is 9.09. The summed E-state index contributed by atoms with van der Waals surface area (Å²) in [5.74, 6) is 0.350. The Morgan fingerprint density at radius 2 is 1.81 bits per heavy atom. The minimum Gasteiger partial charge on any atom is -0.394 e. The summed E-state index contributed by atoms with van der Waals surface area (Å²) in [5.41, 5.74) is 14.8. The molecule has 3 aromatic rings. The lowest BCUT2D eigenvalue weighted by atomic mass is 10.1. The second-order valence-corrected chi connectivity index (χ2v) is 6.70. The number of ketones is 1. The van der Waals surface area contributed by atoms with Gasteiger partial charge in [0.1, 0.15) is 5.69 Å². The van der Waals surface area contributed by atoms with Crippen molar-refractivity contribution < 1.29 is 4.79 Å². The van der Waals surface area contributed by atoms with Crippen molar-refractivity contribution in [1.29, 1.82) is 0 Å². The van der Waals surface area contributed by atoms with Crippen LogP contribution in [-0.2, 0) is 0 Å². The molecule has 1 heterocycles. The van der Waals surface area contributed by atoms with Gasteiger partial charge in [-0.2, -0.15) is 5.10 Å². The summed E-state index contributed by atoms with van der Waals surface area (Å²) in [6.07, 6.45) is 0.770. The van der Waals surface area contributed by atoms with Gasteiger partial charge >= 0.3 is 0 Å². The minimum absolute atomic E-state index is 0.212. The fourth-order valence-electron chi connectivity index (χ4n) is 2.69. The van der Waals surface area contributed by atoms with E-state index in [-0.39, 0.29) is 11.5 Å². The molecule has 6 nitrogen and oxygen atoms in total. The average molecular weight is 384 g/mol. The zero-order valence-corrected chi connectivity index (χ0v) is 15.8. The normalized spacial score (nSPS) is 10.8. The number of aryl methyl sites for hydroxylation is 1. The van der Waals surface area contributed by atoms with Crippen molar-refractivity contribution in [3.8, 4) is 5.69 Å². The number of nitrogens with two attached hydrogens (primary N) is 2. The molecule has 0 amide bonds. The quantitative estimate of drug-likeness (QED) is 0.429. The first-order chi connectivity index (χ1) is 13.0. The van der Waals surface area contributed by atoms with Gasteiger partial charge in [0.05, 0.1) is 5.69 Å². The number of halogens is 1. The molecule has 0 saturated heterocycles. The third-order valence-electron chi connectivity index (χ3n) is 4.20. The number of nitrogen functional groups attached to an aromatic ring is 1. The van der Waals surface area contributed by atoms with Crippen molar-refractivity contribution in [3.63, 3.8) is 0 Å². The molecule has 0 spiro atoms. The second kappa shape index (κ2) is 8.24. The Hall–Kier alpha value is -2.83. The van der Waals surface area contributed by atoms with Gasteiger partial charge in [0.15, 0.2) is 11.5 Å². The van der Waals surface area contributed by atoms with E-state index in [4.69, 9.17) is 23.1 Å². The van der Waals surface area contributed by atoms with Crippen molar-refractivity contribution in [2.24, 2.45) is 5.73 Å². The highest BCUT2D eigenvalue weighted by atomic mass is 35.5. The molecule has 140 valence electrons. The van der Waals surface area contributed by atoms with E-state index in [2.05, 4.69) is 10.4 Å². The van der Waals surface area contributed by atoms with E-state index >= 15 is 0 Å². The third kappa shape index (κ3) is 4.13. The fourth-order valence-corrected chi connectivity index (χ4v) is 2.81. The molecule has 3 rings (SSSR count). The summed E-state index contributed by atoms with van der Waals surface area (Å²) in [6.45, 7) is 3.15. The van der Waals surface area contributed by atoms with Gasteiger partial charge in [-0.25, -0.2) is 4.68 Å². The van der Waals surface area contributed by atoms with Crippen LogP contribution in [0.25, 0.3) is 5.69 Å². The van der Waals surface area contributed by atoms with Gasteiger partial charge in [-0.05, 0) is 44.2 Å². The summed E-state index contributed by atoms with van der Waals surface area (Å²) in [5, 5.41) is 8.35. The van der Waals surface area contributed by atoms with Gasteiger partial charge in [-0.3, -0.25) is 4.79 Å². The van der Waals surface area contributed by atoms with Crippen LogP contribution in [0.4, 0.5) is 11.5 Å². The lowest BCUT2D eigenvalue weighted by molar-refractivity contribution is 0.103. The molecule has 0 radical (unpaired) electrons. The Kier molecular flexibility index (Phi) is 5.78. The van der Waals surface area contributed by atoms with E-state index in [1.165, 1.54) is 0 Å². The van der Waals surface area contributed by atoms with E-state index in [1.807, 2.05) is 31.2 Å². The number of carbonyl (C=O) groups is 1. The largest absolute Gasteiger partial charge is 0.394 e. The molecule has 0 unspecified atom stereocenters. The number of carbonyl (C=O) groups excluding carboxylic acids is 1. The standard InChI is InChI=1S/C20H22ClN5O/c1-13-3-5-14(6-4-13)19(27)18-17(23)20(24-12-2-11-22)26(25-18)16-9-7-15(21)8-10-16/h3-10,24H,2,11-12,22-23H2,1H3. The molecule has 0 atom stereocenters. The average Bonchev–Trinajstić information content (AvgIpc) is 2.99. The summed E-state index contributed by atoms with van der Waals surface area (Å²) in [6, 6.07) is 14.5. The van der Waals surface area contributed by atoms with Crippen molar-refractivity contribution >= 4 is 28.9 Å². The van der Waals surface area contributed by atoms with Crippen LogP contribution in [-0.4, -0.2) is 28.7 Å². The van der Waals surface area contributed by atoms with Gasteiger partial charge < -0.3 is 16.8 Å². The maximum absolute atomic E-state index is 12.9.